The maximum Gasteiger partial charge on any atom is 0.141 e. The molecule has 0 spiro atoms. The Kier molecular flexibility index (Phi) is 5.79. The highest BCUT2D eigenvalue weighted by molar-refractivity contribution is 9.10. The van der Waals surface area contributed by atoms with Crippen LogP contribution in [0.5, 0.6) is 5.75 Å². The number of nitrogens with one attached hydrogen (secondary N) is 1. The molecule has 0 aliphatic rings. The lowest BCUT2D eigenvalue weighted by Gasteiger charge is -2.20. The van der Waals surface area contributed by atoms with E-state index in [4.69, 9.17) is 4.74 Å². The molecule has 0 amide bonds. The van der Waals surface area contributed by atoms with E-state index in [-0.39, 0.29) is 11.9 Å². The van der Waals surface area contributed by atoms with Crippen molar-refractivity contribution in [2.24, 2.45) is 0 Å². The lowest BCUT2D eigenvalue weighted by molar-refractivity contribution is 0.400. The van der Waals surface area contributed by atoms with Gasteiger partial charge in [-0.2, -0.15) is 0 Å². The van der Waals surface area contributed by atoms with E-state index in [0.29, 0.717) is 10.2 Å². The van der Waals surface area contributed by atoms with Gasteiger partial charge in [0, 0.05) is 21.4 Å². The summed E-state index contributed by atoms with van der Waals surface area (Å²) in [6.45, 7) is 5.03. The Morgan fingerprint density at radius 2 is 2.10 bits per heavy atom. The van der Waals surface area contributed by atoms with Gasteiger partial charge in [-0.15, -0.1) is 11.3 Å². The van der Waals surface area contributed by atoms with Crippen LogP contribution in [0.1, 0.15) is 35.2 Å². The first-order chi connectivity index (χ1) is 10.1. The van der Waals surface area contributed by atoms with Crippen molar-refractivity contribution in [2.45, 2.75) is 26.3 Å². The normalized spacial score (nSPS) is 12.4. The smallest absolute Gasteiger partial charge is 0.141 e. The van der Waals surface area contributed by atoms with Crippen molar-refractivity contribution in [3.63, 3.8) is 0 Å². The first kappa shape index (κ1) is 16.5. The lowest BCUT2D eigenvalue weighted by atomic mass is 10.0. The number of thiophene rings is 1. The number of aryl methyl sites for hydroxylation is 1. The second-order valence-electron chi connectivity index (χ2n) is 4.66. The summed E-state index contributed by atoms with van der Waals surface area (Å²) in [5.74, 6) is 0.249. The van der Waals surface area contributed by atoms with E-state index in [9.17, 15) is 4.39 Å². The van der Waals surface area contributed by atoms with Crippen molar-refractivity contribution in [1.82, 2.24) is 5.32 Å². The lowest BCUT2D eigenvalue weighted by Crippen LogP contribution is -2.21. The minimum absolute atomic E-state index is 0.00662. The molecule has 1 unspecified atom stereocenters. The largest absolute Gasteiger partial charge is 0.496 e. The minimum atomic E-state index is -0.314. The number of rotatable bonds is 6. The highest BCUT2D eigenvalue weighted by atomic mass is 79.9. The topological polar surface area (TPSA) is 21.3 Å². The Balaban J connectivity index is 2.49. The molecule has 0 aliphatic carbocycles. The first-order valence-electron chi connectivity index (χ1n) is 6.95. The molecule has 114 valence electrons. The van der Waals surface area contributed by atoms with Gasteiger partial charge in [0.05, 0.1) is 17.6 Å². The summed E-state index contributed by atoms with van der Waals surface area (Å²) in [5.41, 5.74) is 0.942. The fraction of sp³-hybridized carbons (Fsp3) is 0.375. The van der Waals surface area contributed by atoms with Crippen LogP contribution in [0.3, 0.4) is 0 Å². The molecule has 1 aromatic carbocycles. The van der Waals surface area contributed by atoms with Crippen LogP contribution in [-0.4, -0.2) is 13.7 Å². The number of hydrogen-bond acceptors (Lipinski definition) is 3. The van der Waals surface area contributed by atoms with Crippen LogP contribution in [0.25, 0.3) is 0 Å². The van der Waals surface area contributed by atoms with Crippen LogP contribution >= 0.6 is 27.3 Å². The van der Waals surface area contributed by atoms with Crippen molar-refractivity contribution in [2.75, 3.05) is 13.7 Å². The van der Waals surface area contributed by atoms with E-state index < -0.39 is 0 Å². The zero-order valence-corrected chi connectivity index (χ0v) is 14.8. The summed E-state index contributed by atoms with van der Waals surface area (Å²) in [7, 11) is 1.57. The van der Waals surface area contributed by atoms with Gasteiger partial charge in [-0.1, -0.05) is 13.8 Å². The van der Waals surface area contributed by atoms with Crippen molar-refractivity contribution in [1.29, 1.82) is 0 Å². The third-order valence-corrected chi connectivity index (χ3v) is 5.21. The Hall–Kier alpha value is -0.910. The quantitative estimate of drug-likeness (QED) is 0.777. The molecule has 1 heterocycles. The Labute approximate surface area is 137 Å². The van der Waals surface area contributed by atoms with E-state index in [1.54, 1.807) is 24.5 Å². The third-order valence-electron chi connectivity index (χ3n) is 3.31. The highest BCUT2D eigenvalue weighted by Crippen LogP contribution is 2.36. The molecule has 0 saturated heterocycles. The van der Waals surface area contributed by atoms with E-state index >= 15 is 0 Å². The second kappa shape index (κ2) is 7.38. The zero-order chi connectivity index (χ0) is 15.4. The summed E-state index contributed by atoms with van der Waals surface area (Å²) in [5, 5.41) is 3.46. The van der Waals surface area contributed by atoms with Crippen LogP contribution in [0.4, 0.5) is 4.39 Å². The summed E-state index contributed by atoms with van der Waals surface area (Å²) in [4.78, 5) is 2.55. The molecule has 1 atom stereocenters. The molecule has 1 N–H and O–H groups in total. The number of ether oxygens (including phenoxy) is 1. The number of methoxy groups -OCH3 is 1. The molecule has 2 rings (SSSR count). The molecule has 0 aliphatic heterocycles. The van der Waals surface area contributed by atoms with Crippen molar-refractivity contribution in [3.8, 4) is 5.75 Å². The minimum Gasteiger partial charge on any atom is -0.496 e. The van der Waals surface area contributed by atoms with Crippen molar-refractivity contribution in [3.05, 3.63) is 49.9 Å². The highest BCUT2D eigenvalue weighted by Gasteiger charge is 2.21. The van der Waals surface area contributed by atoms with Gasteiger partial charge in [0.25, 0.3) is 0 Å². The van der Waals surface area contributed by atoms with Gasteiger partial charge in [0.2, 0.25) is 0 Å². The molecule has 5 heteroatoms. The van der Waals surface area contributed by atoms with Crippen LogP contribution < -0.4 is 10.1 Å². The van der Waals surface area contributed by atoms with Gasteiger partial charge in [-0.3, -0.25) is 0 Å². The van der Waals surface area contributed by atoms with E-state index in [1.807, 2.05) is 0 Å². The summed E-state index contributed by atoms with van der Waals surface area (Å²) >= 11 is 5.04. The SMILES string of the molecule is CCNC(c1ccc(CC)s1)c1cc(Br)c(F)cc1OC. The second-order valence-corrected chi connectivity index (χ2v) is 6.71. The van der Waals surface area contributed by atoms with Crippen molar-refractivity contribution >= 4 is 27.3 Å². The van der Waals surface area contributed by atoms with Gasteiger partial charge >= 0.3 is 0 Å². The molecule has 0 bridgehead atoms. The molecule has 0 saturated carbocycles. The monoisotopic (exact) mass is 371 g/mol. The molecule has 0 radical (unpaired) electrons. The Morgan fingerprint density at radius 1 is 1.33 bits per heavy atom. The zero-order valence-electron chi connectivity index (χ0n) is 12.4. The number of hydrogen-bond donors (Lipinski definition) is 1. The van der Waals surface area contributed by atoms with E-state index in [1.165, 1.54) is 15.8 Å². The van der Waals surface area contributed by atoms with Gasteiger partial charge in [-0.25, -0.2) is 4.39 Å². The number of benzene rings is 1. The van der Waals surface area contributed by atoms with E-state index in [0.717, 1.165) is 18.5 Å². The van der Waals surface area contributed by atoms with Gasteiger partial charge in [-0.05, 0) is 47.1 Å². The van der Waals surface area contributed by atoms with Gasteiger partial charge in [0.1, 0.15) is 11.6 Å². The standard InChI is InChI=1S/C16H19BrFNOS/c1-4-10-6-7-15(21-10)16(19-5-2)11-8-12(17)13(18)9-14(11)20-3/h6-9,16,19H,4-5H2,1-3H3. The molecule has 21 heavy (non-hydrogen) atoms. The summed E-state index contributed by atoms with van der Waals surface area (Å²) < 4.78 is 19.5. The van der Waals surface area contributed by atoms with Crippen LogP contribution in [0, 0.1) is 5.82 Å². The molecule has 2 aromatic rings. The van der Waals surface area contributed by atoms with Crippen LogP contribution in [0.2, 0.25) is 0 Å². The van der Waals surface area contributed by atoms with Crippen molar-refractivity contribution < 1.29 is 9.13 Å². The summed E-state index contributed by atoms with van der Waals surface area (Å²) in [6, 6.07) is 7.51. The average Bonchev–Trinajstić information content (AvgIpc) is 2.96. The maximum atomic E-state index is 13.7. The predicted molar refractivity (Wildman–Crippen MR) is 89.9 cm³/mol. The Morgan fingerprint density at radius 3 is 2.67 bits per heavy atom. The number of halogens is 2. The molecule has 1 aromatic heterocycles. The van der Waals surface area contributed by atoms with Crippen LogP contribution in [-0.2, 0) is 6.42 Å². The Bertz CT molecular complexity index is 614. The fourth-order valence-electron chi connectivity index (χ4n) is 2.25. The first-order valence-corrected chi connectivity index (χ1v) is 8.56. The summed E-state index contributed by atoms with van der Waals surface area (Å²) in [6.07, 6.45) is 1.02. The van der Waals surface area contributed by atoms with Gasteiger partial charge < -0.3 is 10.1 Å². The molecular weight excluding hydrogens is 353 g/mol. The van der Waals surface area contributed by atoms with Crippen LogP contribution in [0.15, 0.2) is 28.7 Å². The predicted octanol–water partition coefficient (Wildman–Crippen LogP) is 4.92. The molecule has 2 nitrogen and oxygen atoms in total. The third kappa shape index (κ3) is 3.65. The average molecular weight is 372 g/mol. The van der Waals surface area contributed by atoms with Gasteiger partial charge in [0.15, 0.2) is 0 Å². The molecule has 0 fully saturated rings. The molecular formula is C16H19BrFNOS. The fourth-order valence-corrected chi connectivity index (χ4v) is 3.66. The van der Waals surface area contributed by atoms with E-state index in [2.05, 4.69) is 47.2 Å². The maximum absolute atomic E-state index is 13.7.